The molecule has 0 aromatic carbocycles. The lowest BCUT2D eigenvalue weighted by atomic mass is 10.2. The van der Waals surface area contributed by atoms with Gasteiger partial charge in [-0.05, 0) is 0 Å². The van der Waals surface area contributed by atoms with E-state index in [1.807, 2.05) is 0 Å². The first-order chi connectivity index (χ1) is 4.63. The largest absolute Gasteiger partial charge is 0.394 e. The van der Waals surface area contributed by atoms with Gasteiger partial charge in [-0.25, -0.2) is 0 Å². The molecule has 4 N–H and O–H groups in total. The van der Waals surface area contributed by atoms with Crippen molar-refractivity contribution in [2.75, 3.05) is 6.61 Å². The van der Waals surface area contributed by atoms with E-state index in [0.29, 0.717) is 0 Å². The predicted molar refractivity (Wildman–Crippen MR) is 31.2 cm³/mol. The minimum absolute atomic E-state index is 0.0869. The molecule has 0 saturated heterocycles. The van der Waals surface area contributed by atoms with Crippen LogP contribution < -0.4 is 0 Å². The Morgan fingerprint density at radius 3 is 2.10 bits per heavy atom. The summed E-state index contributed by atoms with van der Waals surface area (Å²) in [5.74, 6) is 0. The molecule has 10 heavy (non-hydrogen) atoms. The second kappa shape index (κ2) is 4.35. The van der Waals surface area contributed by atoms with Gasteiger partial charge in [-0.1, -0.05) is 0 Å². The summed E-state index contributed by atoms with van der Waals surface area (Å²) >= 11 is 0. The molecule has 0 saturated carbocycles. The molecule has 0 aliphatic heterocycles. The molecule has 5 heteroatoms. The molecule has 0 heterocycles. The van der Waals surface area contributed by atoms with Crippen LogP contribution in [0.15, 0.2) is 0 Å². The minimum atomic E-state index is -1.64. The predicted octanol–water partition coefficient (Wildman–Crippen LogP) is -2.74. The van der Waals surface area contributed by atoms with E-state index in [1.54, 1.807) is 0 Å². The smallest absolute Gasteiger partial charge is 0.151 e. The van der Waals surface area contributed by atoms with Gasteiger partial charge in [-0.2, -0.15) is 0 Å². The van der Waals surface area contributed by atoms with Crippen molar-refractivity contribution < 1.29 is 25.2 Å². The zero-order chi connectivity index (χ0) is 8.15. The molecule has 5 nitrogen and oxygen atoms in total. The Hall–Kier alpha value is -0.490. The number of carbonyl (C=O) groups is 1. The Balaban J connectivity index is 3.80. The molecule has 0 unspecified atom stereocenters. The van der Waals surface area contributed by atoms with Crippen molar-refractivity contribution in [3.8, 4) is 0 Å². The van der Waals surface area contributed by atoms with Gasteiger partial charge < -0.3 is 25.2 Å². The fourth-order valence-corrected chi connectivity index (χ4v) is 0.416. The molecule has 0 bridgehead atoms. The number of rotatable bonds is 4. The van der Waals surface area contributed by atoms with E-state index in [4.69, 9.17) is 20.4 Å². The number of hydrogen-bond donors (Lipinski definition) is 4. The van der Waals surface area contributed by atoms with Gasteiger partial charge in [0.25, 0.3) is 0 Å². The Morgan fingerprint density at radius 2 is 1.80 bits per heavy atom. The second-order valence-electron chi connectivity index (χ2n) is 1.87. The van der Waals surface area contributed by atoms with Crippen molar-refractivity contribution in [3.63, 3.8) is 0 Å². The number of aldehydes is 1. The summed E-state index contributed by atoms with van der Waals surface area (Å²) in [7, 11) is 0. The zero-order valence-electron chi connectivity index (χ0n) is 5.21. The van der Waals surface area contributed by atoms with Crippen molar-refractivity contribution in [2.24, 2.45) is 0 Å². The molecule has 0 amide bonds. The fraction of sp³-hybridized carbons (Fsp3) is 0.800. The van der Waals surface area contributed by atoms with Crippen LogP contribution in [0.4, 0.5) is 0 Å². The first-order valence-corrected chi connectivity index (χ1v) is 2.73. The van der Waals surface area contributed by atoms with Crippen molar-refractivity contribution in [1.29, 1.82) is 0 Å². The lowest BCUT2D eigenvalue weighted by Crippen LogP contribution is -2.40. The Kier molecular flexibility index (Phi) is 4.13. The average Bonchev–Trinajstić information content (AvgIpc) is 2.00. The number of hydrogen-bond acceptors (Lipinski definition) is 5. The highest BCUT2D eigenvalue weighted by atomic mass is 16.4. The van der Waals surface area contributed by atoms with Crippen LogP contribution in [-0.2, 0) is 4.79 Å². The SMILES string of the molecule is O=[14CH][C@@H](O)[C@H](O)[C@H](O)CO. The van der Waals surface area contributed by atoms with Crippen LogP contribution in [0.3, 0.4) is 0 Å². The van der Waals surface area contributed by atoms with Crippen LogP contribution in [0.1, 0.15) is 0 Å². The van der Waals surface area contributed by atoms with E-state index >= 15 is 0 Å². The Bertz CT molecular complexity index is 104. The molecule has 0 fully saturated rings. The molecular weight excluding hydrogens is 142 g/mol. The van der Waals surface area contributed by atoms with Gasteiger partial charge >= 0.3 is 0 Å². The van der Waals surface area contributed by atoms with E-state index in [2.05, 4.69) is 0 Å². The molecule has 0 aromatic heterocycles. The third-order valence-electron chi connectivity index (χ3n) is 1.07. The Labute approximate surface area is 57.5 Å². The lowest BCUT2D eigenvalue weighted by Gasteiger charge is -2.16. The average molecular weight is 152 g/mol. The maximum absolute atomic E-state index is 9.76. The van der Waals surface area contributed by atoms with E-state index in [0.717, 1.165) is 0 Å². The van der Waals surface area contributed by atoms with Gasteiger partial charge in [0, 0.05) is 0 Å². The van der Waals surface area contributed by atoms with E-state index in [9.17, 15) is 4.79 Å². The molecule has 0 spiro atoms. The summed E-state index contributed by atoms with van der Waals surface area (Å²) in [5.41, 5.74) is 0. The molecule has 0 radical (unpaired) electrons. The van der Waals surface area contributed by atoms with E-state index < -0.39 is 24.9 Å². The second-order valence-corrected chi connectivity index (χ2v) is 1.87. The van der Waals surface area contributed by atoms with E-state index in [-0.39, 0.29) is 6.29 Å². The highest BCUT2D eigenvalue weighted by molar-refractivity contribution is 5.56. The molecule has 60 valence electrons. The van der Waals surface area contributed by atoms with Crippen LogP contribution in [0.25, 0.3) is 0 Å². The highest BCUT2D eigenvalue weighted by Crippen LogP contribution is 1.96. The first-order valence-electron chi connectivity index (χ1n) is 2.73. The fourth-order valence-electron chi connectivity index (χ4n) is 0.416. The molecule has 0 rings (SSSR count). The third-order valence-corrected chi connectivity index (χ3v) is 1.07. The summed E-state index contributed by atoms with van der Waals surface area (Å²) in [4.78, 5) is 9.76. The normalized spacial score (nSPS) is 19.6. The van der Waals surface area contributed by atoms with Gasteiger partial charge in [0.1, 0.15) is 18.3 Å². The maximum atomic E-state index is 9.76. The van der Waals surface area contributed by atoms with Gasteiger partial charge in [0.15, 0.2) is 6.29 Å². The van der Waals surface area contributed by atoms with Crippen molar-refractivity contribution >= 4 is 6.29 Å². The summed E-state index contributed by atoms with van der Waals surface area (Å²) in [6.45, 7) is -0.688. The minimum Gasteiger partial charge on any atom is -0.394 e. The molecule has 3 atom stereocenters. The third kappa shape index (κ3) is 2.40. The lowest BCUT2D eigenvalue weighted by molar-refractivity contribution is -0.127. The van der Waals surface area contributed by atoms with Gasteiger partial charge in [-0.15, -0.1) is 0 Å². The van der Waals surface area contributed by atoms with Crippen molar-refractivity contribution in [2.45, 2.75) is 18.3 Å². The number of aliphatic hydroxyl groups excluding tert-OH is 4. The number of aliphatic hydroxyl groups is 4. The van der Waals surface area contributed by atoms with Crippen molar-refractivity contribution in [3.05, 3.63) is 0 Å². The van der Waals surface area contributed by atoms with Crippen molar-refractivity contribution in [1.82, 2.24) is 0 Å². The monoisotopic (exact) mass is 152 g/mol. The standard InChI is InChI=1S/C5H10O5/c6-1-3(8)5(10)4(9)2-7/h1,3-5,7-10H,2H2/t3-,4-,5+/m1/s1/i1+2. The first kappa shape index (κ1) is 9.51. The molecular formula is C5H10O5. The van der Waals surface area contributed by atoms with Crippen LogP contribution in [0.2, 0.25) is 0 Å². The molecule has 0 aromatic rings. The topological polar surface area (TPSA) is 98.0 Å². The zero-order valence-corrected chi connectivity index (χ0v) is 5.21. The highest BCUT2D eigenvalue weighted by Gasteiger charge is 2.22. The van der Waals surface area contributed by atoms with Crippen LogP contribution in [0.5, 0.6) is 0 Å². The van der Waals surface area contributed by atoms with Gasteiger partial charge in [0.2, 0.25) is 0 Å². The maximum Gasteiger partial charge on any atom is 0.151 e. The summed E-state index contributed by atoms with van der Waals surface area (Å²) in [6, 6.07) is 0. The van der Waals surface area contributed by atoms with Gasteiger partial charge in [0.05, 0.1) is 6.61 Å². The van der Waals surface area contributed by atoms with Crippen LogP contribution >= 0.6 is 0 Å². The van der Waals surface area contributed by atoms with E-state index in [1.165, 1.54) is 0 Å². The summed E-state index contributed by atoms with van der Waals surface area (Å²) in [6.07, 6.45) is -4.63. The molecule has 0 aliphatic rings. The van der Waals surface area contributed by atoms with Crippen LogP contribution in [0, 0.1) is 0 Å². The summed E-state index contributed by atoms with van der Waals surface area (Å²) < 4.78 is 0. The Morgan fingerprint density at radius 1 is 1.30 bits per heavy atom. The van der Waals surface area contributed by atoms with Crippen LogP contribution in [-0.4, -0.2) is 51.6 Å². The summed E-state index contributed by atoms with van der Waals surface area (Å²) in [5, 5.41) is 34.1. The number of carbonyl (C=O) groups excluding carboxylic acids is 1. The molecule has 0 aliphatic carbocycles. The van der Waals surface area contributed by atoms with Gasteiger partial charge in [-0.3, -0.25) is 0 Å². The quantitative estimate of drug-likeness (QED) is 0.328.